The molecule has 1 heterocycles. The summed E-state index contributed by atoms with van der Waals surface area (Å²) in [6, 6.07) is 13.3. The average molecular weight is 226 g/mol. The van der Waals surface area contributed by atoms with E-state index in [2.05, 4.69) is 48.2 Å². The lowest BCUT2D eigenvalue weighted by Crippen LogP contribution is -2.34. The van der Waals surface area contributed by atoms with Gasteiger partial charge in [-0.15, -0.1) is 0 Å². The van der Waals surface area contributed by atoms with Gasteiger partial charge in [0.05, 0.1) is 0 Å². The van der Waals surface area contributed by atoms with Gasteiger partial charge >= 0.3 is 0 Å². The first-order valence-electron chi connectivity index (χ1n) is 6.27. The van der Waals surface area contributed by atoms with Crippen LogP contribution >= 0.6 is 0 Å². The van der Waals surface area contributed by atoms with Gasteiger partial charge in [-0.1, -0.05) is 36.4 Å². The molecule has 88 valence electrons. The van der Waals surface area contributed by atoms with Gasteiger partial charge in [0.1, 0.15) is 0 Å². The normalized spacial score (nSPS) is 16.2. The molecule has 1 atom stereocenters. The van der Waals surface area contributed by atoms with Crippen molar-refractivity contribution in [3.8, 4) is 0 Å². The fourth-order valence-corrected chi connectivity index (χ4v) is 2.77. The van der Waals surface area contributed by atoms with Gasteiger partial charge in [-0.3, -0.25) is 0 Å². The van der Waals surface area contributed by atoms with Crippen molar-refractivity contribution in [2.75, 3.05) is 18.0 Å². The Morgan fingerprint density at radius 1 is 1.24 bits per heavy atom. The molecule has 0 aliphatic carbocycles. The first kappa shape index (κ1) is 10.6. The number of rotatable bonds is 2. The maximum absolute atomic E-state index is 5.93. The van der Waals surface area contributed by atoms with Crippen LogP contribution in [0.5, 0.6) is 0 Å². The quantitative estimate of drug-likeness (QED) is 0.852. The molecular weight excluding hydrogens is 208 g/mol. The van der Waals surface area contributed by atoms with E-state index in [1.165, 1.54) is 22.0 Å². The van der Waals surface area contributed by atoms with E-state index < -0.39 is 0 Å². The molecule has 3 rings (SSSR count). The molecule has 2 aromatic carbocycles. The number of fused-ring (bicyclic) bond motifs is 3. The topological polar surface area (TPSA) is 29.3 Å². The number of hydrogen-bond acceptors (Lipinski definition) is 2. The van der Waals surface area contributed by atoms with E-state index in [4.69, 9.17) is 5.73 Å². The summed E-state index contributed by atoms with van der Waals surface area (Å²) in [4.78, 5) is 2.43. The van der Waals surface area contributed by atoms with Crippen molar-refractivity contribution < 1.29 is 0 Å². The summed E-state index contributed by atoms with van der Waals surface area (Å²) < 4.78 is 0. The van der Waals surface area contributed by atoms with Gasteiger partial charge in [-0.25, -0.2) is 0 Å². The van der Waals surface area contributed by atoms with Crippen molar-refractivity contribution in [1.82, 2.24) is 0 Å². The highest BCUT2D eigenvalue weighted by Crippen LogP contribution is 2.35. The van der Waals surface area contributed by atoms with Gasteiger partial charge in [-0.2, -0.15) is 0 Å². The van der Waals surface area contributed by atoms with Crippen LogP contribution in [-0.2, 0) is 6.42 Å². The fraction of sp³-hybridized carbons (Fsp3) is 0.333. The second kappa shape index (κ2) is 4.04. The second-order valence-electron chi connectivity index (χ2n) is 4.97. The highest BCUT2D eigenvalue weighted by Gasteiger charge is 2.21. The molecular formula is C15H18N2. The molecule has 0 amide bonds. The Hall–Kier alpha value is -1.54. The van der Waals surface area contributed by atoms with E-state index in [-0.39, 0.29) is 6.04 Å². The number of hydrogen-bond donors (Lipinski definition) is 1. The fourth-order valence-electron chi connectivity index (χ4n) is 2.77. The summed E-state index contributed by atoms with van der Waals surface area (Å²) in [5.74, 6) is 0. The van der Waals surface area contributed by atoms with Crippen LogP contribution in [0.2, 0.25) is 0 Å². The number of nitrogens with two attached hydrogens (primary N) is 1. The third-order valence-electron chi connectivity index (χ3n) is 3.46. The van der Waals surface area contributed by atoms with Gasteiger partial charge in [0, 0.05) is 30.2 Å². The maximum atomic E-state index is 5.93. The van der Waals surface area contributed by atoms with Crippen LogP contribution in [-0.4, -0.2) is 19.1 Å². The van der Waals surface area contributed by atoms with Crippen molar-refractivity contribution in [3.63, 3.8) is 0 Å². The molecule has 0 aromatic heterocycles. The second-order valence-corrected chi connectivity index (χ2v) is 4.97. The number of benzene rings is 2. The Morgan fingerprint density at radius 3 is 2.88 bits per heavy atom. The monoisotopic (exact) mass is 226 g/mol. The minimum absolute atomic E-state index is 0.222. The predicted octanol–water partition coefficient (Wildman–Crippen LogP) is 2.55. The SMILES string of the molecule is CC(N)CN1CCc2ccc3ccccc3c21. The molecule has 2 N–H and O–H groups in total. The molecule has 1 aliphatic rings. The smallest absolute Gasteiger partial charge is 0.0479 e. The Labute approximate surface area is 102 Å². The van der Waals surface area contributed by atoms with Gasteiger partial charge in [0.25, 0.3) is 0 Å². The summed E-state index contributed by atoms with van der Waals surface area (Å²) in [5.41, 5.74) is 8.80. The molecule has 1 unspecified atom stereocenters. The standard InChI is InChI=1S/C15H18N2/c1-11(16)10-17-9-8-13-7-6-12-4-2-3-5-14(12)15(13)17/h2-7,11H,8-10,16H2,1H3. The molecule has 2 aromatic rings. The van der Waals surface area contributed by atoms with Crippen LogP contribution in [0.4, 0.5) is 5.69 Å². The average Bonchev–Trinajstić information content (AvgIpc) is 2.72. The zero-order chi connectivity index (χ0) is 11.8. The minimum Gasteiger partial charge on any atom is -0.369 e. The van der Waals surface area contributed by atoms with Crippen molar-refractivity contribution >= 4 is 16.5 Å². The first-order valence-corrected chi connectivity index (χ1v) is 6.27. The summed E-state index contributed by atoms with van der Waals surface area (Å²) in [7, 11) is 0. The zero-order valence-electron chi connectivity index (χ0n) is 10.2. The minimum atomic E-state index is 0.222. The van der Waals surface area contributed by atoms with Gasteiger partial charge in [0.2, 0.25) is 0 Å². The highest BCUT2D eigenvalue weighted by atomic mass is 15.2. The molecule has 0 saturated heterocycles. The summed E-state index contributed by atoms with van der Waals surface area (Å²) in [6.07, 6.45) is 1.15. The van der Waals surface area contributed by atoms with Crippen LogP contribution in [0.3, 0.4) is 0 Å². The molecule has 0 spiro atoms. The largest absolute Gasteiger partial charge is 0.369 e. The summed E-state index contributed by atoms with van der Waals surface area (Å²) in [5, 5.41) is 2.69. The number of anilines is 1. The number of nitrogens with zero attached hydrogens (tertiary/aromatic N) is 1. The summed E-state index contributed by atoms with van der Waals surface area (Å²) in [6.45, 7) is 4.12. The molecule has 0 radical (unpaired) electrons. The van der Waals surface area contributed by atoms with E-state index in [1.54, 1.807) is 0 Å². The van der Waals surface area contributed by atoms with E-state index >= 15 is 0 Å². The Bertz CT molecular complexity index is 546. The van der Waals surface area contributed by atoms with Crippen molar-refractivity contribution in [1.29, 1.82) is 0 Å². The lowest BCUT2D eigenvalue weighted by atomic mass is 10.0. The lowest BCUT2D eigenvalue weighted by molar-refractivity contribution is 0.694. The molecule has 17 heavy (non-hydrogen) atoms. The highest BCUT2D eigenvalue weighted by molar-refractivity contribution is 5.96. The van der Waals surface area contributed by atoms with E-state index in [0.717, 1.165) is 19.5 Å². The van der Waals surface area contributed by atoms with E-state index in [0.29, 0.717) is 0 Å². The molecule has 0 fully saturated rings. The van der Waals surface area contributed by atoms with Crippen LogP contribution in [0.15, 0.2) is 36.4 Å². The molecule has 2 heteroatoms. The van der Waals surface area contributed by atoms with E-state index in [9.17, 15) is 0 Å². The molecule has 2 nitrogen and oxygen atoms in total. The van der Waals surface area contributed by atoms with Crippen LogP contribution in [0.1, 0.15) is 12.5 Å². The molecule has 0 bridgehead atoms. The summed E-state index contributed by atoms with van der Waals surface area (Å²) >= 11 is 0. The van der Waals surface area contributed by atoms with Crippen LogP contribution in [0, 0.1) is 0 Å². The van der Waals surface area contributed by atoms with Gasteiger partial charge in [-0.05, 0) is 24.3 Å². The Kier molecular flexibility index (Phi) is 2.52. The van der Waals surface area contributed by atoms with Crippen molar-refractivity contribution in [2.45, 2.75) is 19.4 Å². The zero-order valence-corrected chi connectivity index (χ0v) is 10.2. The predicted molar refractivity (Wildman–Crippen MR) is 73.5 cm³/mol. The van der Waals surface area contributed by atoms with E-state index in [1.807, 2.05) is 0 Å². The Balaban J connectivity index is 2.14. The maximum Gasteiger partial charge on any atom is 0.0479 e. The van der Waals surface area contributed by atoms with Gasteiger partial charge in [0.15, 0.2) is 0 Å². The van der Waals surface area contributed by atoms with Crippen molar-refractivity contribution in [2.24, 2.45) is 5.73 Å². The third kappa shape index (κ3) is 1.79. The first-order chi connectivity index (χ1) is 8.25. The lowest BCUT2D eigenvalue weighted by Gasteiger charge is -2.23. The molecule has 1 aliphatic heterocycles. The molecule has 0 saturated carbocycles. The van der Waals surface area contributed by atoms with Crippen molar-refractivity contribution in [3.05, 3.63) is 42.0 Å². The van der Waals surface area contributed by atoms with Gasteiger partial charge < -0.3 is 10.6 Å². The van der Waals surface area contributed by atoms with Crippen LogP contribution in [0.25, 0.3) is 10.8 Å². The Morgan fingerprint density at radius 2 is 2.06 bits per heavy atom. The van der Waals surface area contributed by atoms with Crippen LogP contribution < -0.4 is 10.6 Å². The third-order valence-corrected chi connectivity index (χ3v) is 3.46.